The van der Waals surface area contributed by atoms with Crippen LogP contribution in [-0.4, -0.2) is 23.1 Å². The first-order valence-corrected chi connectivity index (χ1v) is 5.98. The fraction of sp³-hybridized carbons (Fsp3) is 0.250. The van der Waals surface area contributed by atoms with Crippen LogP contribution in [0.15, 0.2) is 30.6 Å². The van der Waals surface area contributed by atoms with E-state index in [-0.39, 0.29) is 63.7 Å². The molecular formula is C12H12BF4KN2O. The van der Waals surface area contributed by atoms with Gasteiger partial charge in [-0.2, -0.15) is 0 Å². The number of ether oxygens (including phenoxy) is 1. The van der Waals surface area contributed by atoms with Gasteiger partial charge in [0.1, 0.15) is 12.4 Å². The summed E-state index contributed by atoms with van der Waals surface area (Å²) >= 11 is 0. The topological polar surface area (TPSA) is 27.1 Å². The smallest absolute Gasteiger partial charge is 0.489 e. The molecule has 1 heterocycles. The van der Waals surface area contributed by atoms with E-state index in [4.69, 9.17) is 4.74 Å². The van der Waals surface area contributed by atoms with E-state index in [1.54, 1.807) is 23.9 Å². The van der Waals surface area contributed by atoms with Gasteiger partial charge >= 0.3 is 58.4 Å². The van der Waals surface area contributed by atoms with Crippen LogP contribution in [-0.2, 0) is 6.54 Å². The number of hydrogen-bond acceptors (Lipinski definition) is 2. The van der Waals surface area contributed by atoms with Crippen LogP contribution in [0.25, 0.3) is 0 Å². The molecule has 1 aromatic carbocycles. The summed E-state index contributed by atoms with van der Waals surface area (Å²) in [5, 5.41) is 0. The first-order valence-electron chi connectivity index (χ1n) is 5.98. The molecule has 0 amide bonds. The quantitative estimate of drug-likeness (QED) is 0.546. The van der Waals surface area contributed by atoms with E-state index >= 15 is 0 Å². The second kappa shape index (κ2) is 7.78. The summed E-state index contributed by atoms with van der Waals surface area (Å²) in [5.41, 5.74) is -0.875. The van der Waals surface area contributed by atoms with Crippen LogP contribution >= 0.6 is 0 Å². The minimum Gasteiger partial charge on any atom is -0.489 e. The van der Waals surface area contributed by atoms with Crippen molar-refractivity contribution in [3.8, 4) is 5.75 Å². The maximum atomic E-state index is 13.4. The van der Waals surface area contributed by atoms with E-state index in [1.165, 1.54) is 0 Å². The molecular weight excluding hydrogens is 314 g/mol. The zero-order valence-corrected chi connectivity index (χ0v) is 14.8. The van der Waals surface area contributed by atoms with Gasteiger partial charge in [0.05, 0.1) is 6.54 Å². The number of aromatic nitrogens is 2. The molecule has 9 heteroatoms. The molecule has 0 aliphatic rings. The second-order valence-corrected chi connectivity index (χ2v) is 4.28. The van der Waals surface area contributed by atoms with E-state index < -0.39 is 18.3 Å². The third-order valence-electron chi connectivity index (χ3n) is 2.85. The number of halogens is 4. The van der Waals surface area contributed by atoms with Crippen molar-refractivity contribution in [2.45, 2.75) is 13.5 Å². The average Bonchev–Trinajstić information content (AvgIpc) is 2.76. The molecule has 0 N–H and O–H groups in total. The van der Waals surface area contributed by atoms with Crippen molar-refractivity contribution in [3.63, 3.8) is 0 Å². The van der Waals surface area contributed by atoms with Gasteiger partial charge in [0.2, 0.25) is 0 Å². The van der Waals surface area contributed by atoms with Gasteiger partial charge in [0.25, 0.3) is 0 Å². The molecule has 21 heavy (non-hydrogen) atoms. The minimum absolute atomic E-state index is 0. The Morgan fingerprint density at radius 2 is 2.00 bits per heavy atom. The van der Waals surface area contributed by atoms with Gasteiger partial charge in [-0.05, 0) is 19.1 Å². The van der Waals surface area contributed by atoms with Crippen LogP contribution in [0.1, 0.15) is 5.82 Å². The van der Waals surface area contributed by atoms with Crippen LogP contribution in [0.2, 0.25) is 0 Å². The van der Waals surface area contributed by atoms with E-state index in [0.29, 0.717) is 18.7 Å². The van der Waals surface area contributed by atoms with Gasteiger partial charge in [0.15, 0.2) is 11.6 Å². The van der Waals surface area contributed by atoms with Gasteiger partial charge < -0.3 is 22.3 Å². The molecule has 0 unspecified atom stereocenters. The molecule has 0 spiro atoms. The fourth-order valence-corrected chi connectivity index (χ4v) is 1.73. The van der Waals surface area contributed by atoms with E-state index in [0.717, 1.165) is 11.9 Å². The first-order chi connectivity index (χ1) is 9.38. The van der Waals surface area contributed by atoms with Crippen LogP contribution in [0.4, 0.5) is 17.3 Å². The Hall–Kier alpha value is -0.349. The molecule has 0 bridgehead atoms. The maximum absolute atomic E-state index is 13.4. The molecule has 0 aliphatic carbocycles. The number of imidazole rings is 1. The Morgan fingerprint density at radius 3 is 2.57 bits per heavy atom. The molecule has 0 radical (unpaired) electrons. The number of benzene rings is 1. The zero-order chi connectivity index (χ0) is 14.8. The summed E-state index contributed by atoms with van der Waals surface area (Å²) in [6.45, 7) is -2.94. The number of nitrogens with zero attached hydrogens (tertiary/aromatic N) is 2. The fourth-order valence-electron chi connectivity index (χ4n) is 1.73. The van der Waals surface area contributed by atoms with E-state index in [9.17, 15) is 17.3 Å². The summed E-state index contributed by atoms with van der Waals surface area (Å²) < 4.78 is 58.0. The molecule has 2 rings (SSSR count). The van der Waals surface area contributed by atoms with Gasteiger partial charge in [0, 0.05) is 12.4 Å². The van der Waals surface area contributed by atoms with E-state index in [1.807, 2.05) is 0 Å². The third kappa shape index (κ3) is 5.10. The zero-order valence-electron chi connectivity index (χ0n) is 11.7. The Labute approximate surface area is 162 Å². The molecule has 0 saturated heterocycles. The molecule has 108 valence electrons. The van der Waals surface area contributed by atoms with Crippen molar-refractivity contribution in [1.29, 1.82) is 0 Å². The molecule has 1 aromatic heterocycles. The van der Waals surface area contributed by atoms with Crippen molar-refractivity contribution in [3.05, 3.63) is 42.2 Å². The molecule has 0 fully saturated rings. The summed E-state index contributed by atoms with van der Waals surface area (Å²) in [5.74, 6) is -0.447. The van der Waals surface area contributed by atoms with Gasteiger partial charge in [-0.15, -0.1) is 5.46 Å². The van der Waals surface area contributed by atoms with Crippen LogP contribution in [0.3, 0.4) is 0 Å². The standard InChI is InChI=1S/C12H12BF4N2O.K/c1-9-18-4-5-19(9)6-7-20-12-8-10(13(15,16)17)2-3-11(12)14;/h2-5,8H,6-7H2,1H3;/q-1;+1. The second-order valence-electron chi connectivity index (χ2n) is 4.28. The summed E-state index contributed by atoms with van der Waals surface area (Å²) in [6.07, 6.45) is 3.31. The molecule has 0 saturated carbocycles. The monoisotopic (exact) mass is 326 g/mol. The van der Waals surface area contributed by atoms with Crippen LogP contribution in [0.5, 0.6) is 5.75 Å². The maximum Gasteiger partial charge on any atom is 1.00 e. The SMILES string of the molecule is Cc1nccn1CCOc1cc([B-](F)(F)F)ccc1F.[K+]. The van der Waals surface area contributed by atoms with Crippen molar-refractivity contribution in [2.24, 2.45) is 0 Å². The molecule has 3 nitrogen and oxygen atoms in total. The normalized spacial score (nSPS) is 11.1. The first kappa shape index (κ1) is 18.7. The molecule has 2 aromatic rings. The largest absolute Gasteiger partial charge is 1.00 e. The van der Waals surface area contributed by atoms with Gasteiger partial charge in [-0.1, -0.05) is 6.07 Å². The molecule has 0 atom stereocenters. The van der Waals surface area contributed by atoms with E-state index in [2.05, 4.69) is 4.98 Å². The van der Waals surface area contributed by atoms with Crippen LogP contribution in [0, 0.1) is 12.7 Å². The van der Waals surface area contributed by atoms with Crippen molar-refractivity contribution in [2.75, 3.05) is 6.61 Å². The Balaban J connectivity index is 0.00000220. The number of hydrogen-bond donors (Lipinski definition) is 0. The Bertz CT molecular complexity index is 603. The summed E-state index contributed by atoms with van der Waals surface area (Å²) in [6, 6.07) is 2.17. The Morgan fingerprint density at radius 1 is 1.29 bits per heavy atom. The van der Waals surface area contributed by atoms with Gasteiger partial charge in [-0.25, -0.2) is 9.37 Å². The predicted molar refractivity (Wildman–Crippen MR) is 67.6 cm³/mol. The van der Waals surface area contributed by atoms with Crippen molar-refractivity contribution >= 4 is 12.4 Å². The summed E-state index contributed by atoms with van der Waals surface area (Å²) in [4.78, 5) is 3.99. The molecule has 0 aliphatic heterocycles. The number of aryl methyl sites for hydroxylation is 1. The average molecular weight is 326 g/mol. The Kier molecular flexibility index (Phi) is 6.92. The van der Waals surface area contributed by atoms with Crippen molar-refractivity contribution < 1.29 is 73.5 Å². The minimum atomic E-state index is -5.16. The predicted octanol–water partition coefficient (Wildman–Crippen LogP) is -0.532. The number of rotatable bonds is 5. The summed E-state index contributed by atoms with van der Waals surface area (Å²) in [7, 11) is 0. The van der Waals surface area contributed by atoms with Crippen molar-refractivity contribution in [1.82, 2.24) is 9.55 Å². The third-order valence-corrected chi connectivity index (χ3v) is 2.85. The van der Waals surface area contributed by atoms with Gasteiger partial charge in [-0.3, -0.25) is 0 Å². The van der Waals surface area contributed by atoms with Crippen LogP contribution < -0.4 is 61.6 Å².